The van der Waals surface area contributed by atoms with Crippen molar-refractivity contribution in [2.24, 2.45) is 0 Å². The van der Waals surface area contributed by atoms with E-state index in [9.17, 15) is 4.79 Å². The first-order valence-corrected chi connectivity index (χ1v) is 9.04. The lowest BCUT2D eigenvalue weighted by atomic mass is 10.2. The minimum absolute atomic E-state index is 0.327. The zero-order valence-electron chi connectivity index (χ0n) is 12.2. The van der Waals surface area contributed by atoms with Crippen molar-refractivity contribution in [1.29, 1.82) is 0 Å². The third-order valence-electron chi connectivity index (χ3n) is 2.46. The van der Waals surface area contributed by atoms with E-state index in [1.807, 2.05) is 32.5 Å². The van der Waals surface area contributed by atoms with Crippen LogP contribution in [0.4, 0.5) is 4.79 Å². The molecule has 2 N–H and O–H groups in total. The van der Waals surface area contributed by atoms with E-state index in [1.165, 1.54) is 17.3 Å². The van der Waals surface area contributed by atoms with Gasteiger partial charge in [-0.25, -0.2) is 4.79 Å². The molecule has 0 aromatic rings. The molecule has 1 rings (SSSR count). The fourth-order valence-corrected chi connectivity index (χ4v) is 4.28. The van der Waals surface area contributed by atoms with Gasteiger partial charge in [0.05, 0.1) is 0 Å². The van der Waals surface area contributed by atoms with E-state index in [-0.39, 0.29) is 6.09 Å². The highest BCUT2D eigenvalue weighted by atomic mass is 32.2. The van der Waals surface area contributed by atoms with Crippen molar-refractivity contribution in [3.63, 3.8) is 0 Å². The van der Waals surface area contributed by atoms with Gasteiger partial charge in [0.15, 0.2) is 0 Å². The molecule has 1 unspecified atom stereocenters. The van der Waals surface area contributed by atoms with E-state index < -0.39 is 5.60 Å². The van der Waals surface area contributed by atoms with E-state index in [1.54, 1.807) is 0 Å². The van der Waals surface area contributed by atoms with Crippen LogP contribution in [0.25, 0.3) is 0 Å². The highest BCUT2D eigenvalue weighted by molar-refractivity contribution is 8.06. The van der Waals surface area contributed by atoms with Gasteiger partial charge >= 0.3 is 6.09 Å². The van der Waals surface area contributed by atoms with Crippen LogP contribution in [0.1, 0.15) is 27.2 Å². The summed E-state index contributed by atoms with van der Waals surface area (Å²) in [5.41, 5.74) is -0.418. The van der Waals surface area contributed by atoms with Gasteiger partial charge in [-0.05, 0) is 33.7 Å². The highest BCUT2D eigenvalue weighted by Gasteiger charge is 2.15. The number of amides is 1. The van der Waals surface area contributed by atoms with Gasteiger partial charge in [0.25, 0.3) is 0 Å². The molecule has 1 atom stereocenters. The molecule has 1 amide bonds. The maximum absolute atomic E-state index is 11.4. The second kappa shape index (κ2) is 8.97. The number of thioether (sulfide) groups is 2. The van der Waals surface area contributed by atoms with E-state index in [4.69, 9.17) is 4.74 Å². The quantitative estimate of drug-likeness (QED) is 0.738. The summed E-state index contributed by atoms with van der Waals surface area (Å²) < 4.78 is 5.16. The Morgan fingerprint density at radius 3 is 2.74 bits per heavy atom. The van der Waals surface area contributed by atoms with Crippen molar-refractivity contribution in [3.8, 4) is 0 Å². The van der Waals surface area contributed by atoms with Gasteiger partial charge in [-0.3, -0.25) is 0 Å². The van der Waals surface area contributed by atoms with Crippen molar-refractivity contribution in [2.75, 3.05) is 36.9 Å². The van der Waals surface area contributed by atoms with Crippen LogP contribution in [-0.2, 0) is 4.74 Å². The molecule has 0 radical (unpaired) electrons. The molecule has 0 spiro atoms. The van der Waals surface area contributed by atoms with Gasteiger partial charge in [-0.2, -0.15) is 23.5 Å². The summed E-state index contributed by atoms with van der Waals surface area (Å²) >= 11 is 4.11. The number of ether oxygens (including phenoxy) is 1. The number of hydrogen-bond donors (Lipinski definition) is 2. The predicted molar refractivity (Wildman–Crippen MR) is 85.3 cm³/mol. The van der Waals surface area contributed by atoms with Gasteiger partial charge in [0, 0.05) is 35.6 Å². The van der Waals surface area contributed by atoms with E-state index >= 15 is 0 Å². The first kappa shape index (κ1) is 17.0. The monoisotopic (exact) mass is 306 g/mol. The van der Waals surface area contributed by atoms with Crippen LogP contribution < -0.4 is 10.6 Å². The summed E-state index contributed by atoms with van der Waals surface area (Å²) in [5, 5.41) is 6.97. The van der Waals surface area contributed by atoms with Gasteiger partial charge in [0.2, 0.25) is 0 Å². The molecule has 0 bridgehead atoms. The largest absolute Gasteiger partial charge is 0.444 e. The molecular formula is C13H26N2O2S2. The zero-order valence-corrected chi connectivity index (χ0v) is 13.8. The molecule has 0 saturated carbocycles. The van der Waals surface area contributed by atoms with Crippen LogP contribution >= 0.6 is 23.5 Å². The zero-order chi connectivity index (χ0) is 14.1. The number of nitrogens with one attached hydrogen (secondary N) is 2. The standard InChI is InChI=1S/C13H26N2O2S2/c1-13(2,3)17-12(16)15-6-4-5-14-9-11-10-18-7-8-19-11/h11,14H,4-10H2,1-3H3,(H,15,16). The summed E-state index contributed by atoms with van der Waals surface area (Å²) in [4.78, 5) is 11.4. The van der Waals surface area contributed by atoms with Gasteiger partial charge in [-0.15, -0.1) is 0 Å². The minimum Gasteiger partial charge on any atom is -0.444 e. The van der Waals surface area contributed by atoms with Crippen molar-refractivity contribution in [2.45, 2.75) is 38.0 Å². The van der Waals surface area contributed by atoms with E-state index in [0.717, 1.165) is 24.8 Å². The molecule has 0 aromatic carbocycles. The van der Waals surface area contributed by atoms with Gasteiger partial charge in [0.1, 0.15) is 5.60 Å². The highest BCUT2D eigenvalue weighted by Crippen LogP contribution is 2.23. The average Bonchev–Trinajstić information content (AvgIpc) is 2.32. The maximum Gasteiger partial charge on any atom is 0.407 e. The van der Waals surface area contributed by atoms with Crippen LogP contribution in [0.15, 0.2) is 0 Å². The lowest BCUT2D eigenvalue weighted by Crippen LogP contribution is -2.35. The number of alkyl carbamates (subject to hydrolysis) is 1. The number of carbonyl (C=O) groups excluding carboxylic acids is 1. The molecule has 1 aliphatic heterocycles. The first-order valence-electron chi connectivity index (χ1n) is 6.84. The molecule has 6 heteroatoms. The Hall–Kier alpha value is -0.0700. The van der Waals surface area contributed by atoms with Crippen LogP contribution in [-0.4, -0.2) is 53.8 Å². The van der Waals surface area contributed by atoms with Crippen LogP contribution in [0, 0.1) is 0 Å². The molecule has 19 heavy (non-hydrogen) atoms. The normalized spacial score (nSPS) is 20.1. The summed E-state index contributed by atoms with van der Waals surface area (Å²) in [6.07, 6.45) is 0.607. The molecule has 1 aliphatic rings. The third-order valence-corrected chi connectivity index (χ3v) is 5.30. The second-order valence-corrected chi connectivity index (χ2v) is 8.11. The Kier molecular flexibility index (Phi) is 8.02. The number of rotatable bonds is 6. The predicted octanol–water partition coefficient (Wildman–Crippen LogP) is 2.34. The van der Waals surface area contributed by atoms with E-state index in [2.05, 4.69) is 22.4 Å². The second-order valence-electron chi connectivity index (χ2n) is 5.55. The van der Waals surface area contributed by atoms with Crippen molar-refractivity contribution in [3.05, 3.63) is 0 Å². The fraction of sp³-hybridized carbons (Fsp3) is 0.923. The smallest absolute Gasteiger partial charge is 0.407 e. The Labute approximate surface area is 125 Å². The van der Waals surface area contributed by atoms with Gasteiger partial charge in [-0.1, -0.05) is 0 Å². The molecule has 1 fully saturated rings. The fourth-order valence-electron chi connectivity index (χ4n) is 1.64. The van der Waals surface area contributed by atoms with Crippen LogP contribution in [0.3, 0.4) is 0 Å². The molecule has 112 valence electrons. The number of hydrogen-bond acceptors (Lipinski definition) is 5. The first-order chi connectivity index (χ1) is 8.97. The maximum atomic E-state index is 11.4. The minimum atomic E-state index is -0.418. The Balaban J connectivity index is 1.92. The molecule has 0 aromatic heterocycles. The van der Waals surface area contributed by atoms with E-state index in [0.29, 0.717) is 6.54 Å². The summed E-state index contributed by atoms with van der Waals surface area (Å²) in [5.74, 6) is 3.83. The Morgan fingerprint density at radius 2 is 2.11 bits per heavy atom. The Morgan fingerprint density at radius 1 is 1.32 bits per heavy atom. The van der Waals surface area contributed by atoms with Crippen molar-refractivity contribution in [1.82, 2.24) is 10.6 Å². The SMILES string of the molecule is CC(C)(C)OC(=O)NCCCNCC1CSCCS1. The van der Waals surface area contributed by atoms with Crippen molar-refractivity contribution >= 4 is 29.6 Å². The lowest BCUT2D eigenvalue weighted by molar-refractivity contribution is 0.0527. The summed E-state index contributed by atoms with van der Waals surface area (Å²) in [6.45, 7) is 8.28. The Bertz CT molecular complexity index is 264. The molecule has 0 aliphatic carbocycles. The molecule has 4 nitrogen and oxygen atoms in total. The molecular weight excluding hydrogens is 280 g/mol. The lowest BCUT2D eigenvalue weighted by Gasteiger charge is -2.21. The van der Waals surface area contributed by atoms with Gasteiger partial charge < -0.3 is 15.4 Å². The molecule has 1 heterocycles. The average molecular weight is 306 g/mol. The molecule has 1 saturated heterocycles. The topological polar surface area (TPSA) is 50.4 Å². The van der Waals surface area contributed by atoms with Crippen LogP contribution in [0.2, 0.25) is 0 Å². The summed E-state index contributed by atoms with van der Waals surface area (Å²) in [7, 11) is 0. The third kappa shape index (κ3) is 9.46. The number of carbonyl (C=O) groups is 1. The van der Waals surface area contributed by atoms with Crippen molar-refractivity contribution < 1.29 is 9.53 Å². The summed E-state index contributed by atoms with van der Waals surface area (Å²) in [6, 6.07) is 0. The van der Waals surface area contributed by atoms with Crippen LogP contribution in [0.5, 0.6) is 0 Å².